The maximum absolute atomic E-state index is 4.80. The molecule has 0 bridgehead atoms. The fourth-order valence-corrected chi connectivity index (χ4v) is 3.98. The van der Waals surface area contributed by atoms with Gasteiger partial charge in [0.05, 0.1) is 6.04 Å². The summed E-state index contributed by atoms with van der Waals surface area (Å²) in [4.78, 5) is 0. The van der Waals surface area contributed by atoms with Gasteiger partial charge < -0.3 is 5.32 Å². The van der Waals surface area contributed by atoms with E-state index in [1.807, 2.05) is 16.6 Å². The van der Waals surface area contributed by atoms with Crippen molar-refractivity contribution in [3.63, 3.8) is 0 Å². The van der Waals surface area contributed by atoms with Crippen molar-refractivity contribution >= 4 is 11.5 Å². The first kappa shape index (κ1) is 15.8. The Morgan fingerprint density at radius 1 is 1.08 bits per heavy atom. The first-order chi connectivity index (χ1) is 12.7. The largest absolute Gasteiger partial charge is 0.362 e. The number of hydrogen-bond acceptors (Lipinski definition) is 4. The van der Waals surface area contributed by atoms with Crippen molar-refractivity contribution < 1.29 is 0 Å². The van der Waals surface area contributed by atoms with Gasteiger partial charge in [0.25, 0.3) is 0 Å². The van der Waals surface area contributed by atoms with E-state index in [-0.39, 0.29) is 0 Å². The molecule has 26 heavy (non-hydrogen) atoms. The molecule has 0 radical (unpaired) electrons. The highest BCUT2D eigenvalue weighted by atomic mass is 15.4. The van der Waals surface area contributed by atoms with E-state index in [0.717, 1.165) is 23.7 Å². The Morgan fingerprint density at radius 2 is 1.96 bits per heavy atom. The minimum atomic E-state index is 0.322. The molecule has 2 aromatic heterocycles. The van der Waals surface area contributed by atoms with E-state index in [4.69, 9.17) is 5.10 Å². The number of benzene rings is 1. The van der Waals surface area contributed by atoms with Crippen LogP contribution in [0.1, 0.15) is 79.9 Å². The molecule has 2 aliphatic carbocycles. The number of anilines is 1. The van der Waals surface area contributed by atoms with Crippen molar-refractivity contribution in [2.45, 2.75) is 63.8 Å². The zero-order valence-corrected chi connectivity index (χ0v) is 15.4. The third-order valence-electron chi connectivity index (χ3n) is 5.70. The first-order valence-electron chi connectivity index (χ1n) is 9.80. The molecule has 1 N–H and O–H groups in total. The minimum Gasteiger partial charge on any atom is -0.362 e. The lowest BCUT2D eigenvalue weighted by molar-refractivity contribution is 0.595. The summed E-state index contributed by atoms with van der Waals surface area (Å²) in [6.45, 7) is 4.52. The van der Waals surface area contributed by atoms with Crippen LogP contribution in [0.25, 0.3) is 5.65 Å². The monoisotopic (exact) mass is 347 g/mol. The molecule has 0 aliphatic heterocycles. The van der Waals surface area contributed by atoms with Crippen LogP contribution < -0.4 is 5.32 Å². The van der Waals surface area contributed by atoms with Crippen molar-refractivity contribution in [3.05, 3.63) is 52.8 Å². The summed E-state index contributed by atoms with van der Waals surface area (Å²) in [6.07, 6.45) is 5.94. The maximum Gasteiger partial charge on any atom is 0.178 e. The Labute approximate surface area is 153 Å². The molecular formula is C21H25N5. The molecule has 5 nitrogen and oxygen atoms in total. The van der Waals surface area contributed by atoms with E-state index in [0.29, 0.717) is 17.9 Å². The van der Waals surface area contributed by atoms with Crippen LogP contribution >= 0.6 is 0 Å². The number of rotatable bonds is 4. The van der Waals surface area contributed by atoms with Gasteiger partial charge in [-0.1, -0.05) is 32.0 Å². The SMILES string of the molecule is CC(C)c1ccc2c(c1)[C@H](Nc1ccc3nnc(C4CC4)n3n1)CCC2. The molecule has 5 heteroatoms. The van der Waals surface area contributed by atoms with Gasteiger partial charge in [-0.2, -0.15) is 4.52 Å². The number of nitrogens with one attached hydrogen (secondary N) is 1. The topological polar surface area (TPSA) is 55.1 Å². The highest BCUT2D eigenvalue weighted by Crippen LogP contribution is 2.39. The van der Waals surface area contributed by atoms with Gasteiger partial charge in [-0.15, -0.1) is 15.3 Å². The molecule has 2 aliphatic rings. The second-order valence-electron chi connectivity index (χ2n) is 8.02. The Bertz CT molecular complexity index is 954. The molecule has 1 aromatic carbocycles. The predicted octanol–water partition coefficient (Wildman–Crippen LogP) is 4.61. The Kier molecular flexibility index (Phi) is 3.69. The number of nitrogens with zero attached hydrogens (tertiary/aromatic N) is 4. The third-order valence-corrected chi connectivity index (χ3v) is 5.70. The summed E-state index contributed by atoms with van der Waals surface area (Å²) in [5.74, 6) is 3.01. The molecule has 0 saturated heterocycles. The molecule has 0 unspecified atom stereocenters. The van der Waals surface area contributed by atoms with E-state index < -0.39 is 0 Å². The average Bonchev–Trinajstić information content (AvgIpc) is 3.41. The molecule has 134 valence electrons. The second kappa shape index (κ2) is 6.08. The van der Waals surface area contributed by atoms with Crippen LogP contribution in [0.3, 0.4) is 0 Å². The van der Waals surface area contributed by atoms with E-state index >= 15 is 0 Å². The van der Waals surface area contributed by atoms with Crippen molar-refractivity contribution in [2.75, 3.05) is 5.32 Å². The zero-order valence-electron chi connectivity index (χ0n) is 15.4. The number of fused-ring (bicyclic) bond motifs is 2. The van der Waals surface area contributed by atoms with Crippen LogP contribution in [0.5, 0.6) is 0 Å². The molecule has 1 fully saturated rings. The van der Waals surface area contributed by atoms with Crippen molar-refractivity contribution in [3.8, 4) is 0 Å². The summed E-state index contributed by atoms with van der Waals surface area (Å²) in [6, 6.07) is 11.4. The fourth-order valence-electron chi connectivity index (χ4n) is 3.98. The van der Waals surface area contributed by atoms with Crippen LogP contribution in [0.15, 0.2) is 30.3 Å². The van der Waals surface area contributed by atoms with E-state index in [1.165, 1.54) is 42.4 Å². The predicted molar refractivity (Wildman–Crippen MR) is 103 cm³/mol. The summed E-state index contributed by atoms with van der Waals surface area (Å²) < 4.78 is 1.92. The van der Waals surface area contributed by atoms with E-state index in [1.54, 1.807) is 0 Å². The highest BCUT2D eigenvalue weighted by molar-refractivity contribution is 5.48. The zero-order chi connectivity index (χ0) is 17.7. The minimum absolute atomic E-state index is 0.322. The van der Waals surface area contributed by atoms with Crippen molar-refractivity contribution in [1.82, 2.24) is 19.8 Å². The summed E-state index contributed by atoms with van der Waals surface area (Å²) >= 11 is 0. The molecular weight excluding hydrogens is 322 g/mol. The summed E-state index contributed by atoms with van der Waals surface area (Å²) in [7, 11) is 0. The number of aryl methyl sites for hydroxylation is 1. The van der Waals surface area contributed by atoms with Crippen LogP contribution in [0.4, 0.5) is 5.82 Å². The Morgan fingerprint density at radius 3 is 2.77 bits per heavy atom. The number of aromatic nitrogens is 4. The van der Waals surface area contributed by atoms with Gasteiger partial charge in [0.2, 0.25) is 0 Å². The number of hydrogen-bond donors (Lipinski definition) is 1. The van der Waals surface area contributed by atoms with Crippen molar-refractivity contribution in [2.24, 2.45) is 0 Å². The quantitative estimate of drug-likeness (QED) is 0.748. The smallest absolute Gasteiger partial charge is 0.178 e. The highest BCUT2D eigenvalue weighted by Gasteiger charge is 2.29. The molecule has 2 heterocycles. The Hall–Kier alpha value is -2.43. The molecule has 0 amide bonds. The van der Waals surface area contributed by atoms with Crippen LogP contribution in [-0.2, 0) is 6.42 Å². The van der Waals surface area contributed by atoms with Crippen LogP contribution in [-0.4, -0.2) is 19.8 Å². The van der Waals surface area contributed by atoms with E-state index in [9.17, 15) is 0 Å². The van der Waals surface area contributed by atoms with Gasteiger partial charge in [0, 0.05) is 5.92 Å². The normalized spacial score (nSPS) is 19.7. The van der Waals surface area contributed by atoms with Crippen molar-refractivity contribution in [1.29, 1.82) is 0 Å². The molecule has 5 rings (SSSR count). The standard InChI is InChI=1S/C21H25N5/c1-13(2)16-9-6-14-4-3-5-18(17(14)12-16)22-19-10-11-20-23-24-21(15-7-8-15)26(20)25-19/h6,9-13,15,18H,3-5,7-8H2,1-2H3,(H,22,25)/t18-/m1/s1. The third kappa shape index (κ3) is 2.75. The molecule has 0 spiro atoms. The maximum atomic E-state index is 4.80. The van der Waals surface area contributed by atoms with Crippen LogP contribution in [0.2, 0.25) is 0 Å². The molecule has 3 aromatic rings. The average molecular weight is 347 g/mol. The van der Waals surface area contributed by atoms with Gasteiger partial charge in [0.1, 0.15) is 5.82 Å². The van der Waals surface area contributed by atoms with Gasteiger partial charge in [-0.3, -0.25) is 0 Å². The first-order valence-corrected chi connectivity index (χ1v) is 9.80. The Balaban J connectivity index is 1.47. The lowest BCUT2D eigenvalue weighted by Gasteiger charge is -2.28. The summed E-state index contributed by atoms with van der Waals surface area (Å²) in [5, 5.41) is 17.1. The lowest BCUT2D eigenvalue weighted by Crippen LogP contribution is -2.19. The van der Waals surface area contributed by atoms with Gasteiger partial charge in [0.15, 0.2) is 11.5 Å². The van der Waals surface area contributed by atoms with Gasteiger partial charge >= 0.3 is 0 Å². The molecule has 1 atom stereocenters. The van der Waals surface area contributed by atoms with E-state index in [2.05, 4.69) is 47.6 Å². The summed E-state index contributed by atoms with van der Waals surface area (Å²) in [5.41, 5.74) is 5.16. The lowest BCUT2D eigenvalue weighted by atomic mass is 9.85. The van der Waals surface area contributed by atoms with Crippen LogP contribution in [0, 0.1) is 0 Å². The second-order valence-corrected chi connectivity index (χ2v) is 8.02. The van der Waals surface area contributed by atoms with Gasteiger partial charge in [-0.25, -0.2) is 0 Å². The van der Waals surface area contributed by atoms with Gasteiger partial charge in [-0.05, 0) is 66.8 Å². The fraction of sp³-hybridized carbons (Fsp3) is 0.476. The molecule has 1 saturated carbocycles.